The Morgan fingerprint density at radius 1 is 1.15 bits per heavy atom. The number of nitrogens with zero attached hydrogens (tertiary/aromatic N) is 3. The van der Waals surface area contributed by atoms with Crippen LogP contribution in [0.2, 0.25) is 0 Å². The lowest BCUT2D eigenvalue weighted by Crippen LogP contribution is -2.37. The van der Waals surface area contributed by atoms with Gasteiger partial charge in [-0.2, -0.15) is 5.10 Å². The summed E-state index contributed by atoms with van der Waals surface area (Å²) in [6.07, 6.45) is 6.95. The van der Waals surface area contributed by atoms with E-state index in [4.69, 9.17) is 4.74 Å². The molecule has 1 aliphatic heterocycles. The molecule has 1 aromatic carbocycles. The van der Waals surface area contributed by atoms with Gasteiger partial charge in [0.1, 0.15) is 5.69 Å². The number of nitro benzene ring substituents is 2. The van der Waals surface area contributed by atoms with E-state index in [1.807, 2.05) is 18.0 Å². The van der Waals surface area contributed by atoms with Crippen LogP contribution in [0.25, 0.3) is 0 Å². The Kier molecular flexibility index (Phi) is 8.81. The summed E-state index contributed by atoms with van der Waals surface area (Å²) < 4.78 is 6.28. The molecule has 0 saturated heterocycles. The van der Waals surface area contributed by atoms with Gasteiger partial charge in [-0.15, -0.1) is 23.5 Å². The van der Waals surface area contributed by atoms with Gasteiger partial charge in [-0.05, 0) is 25.3 Å². The van der Waals surface area contributed by atoms with Crippen LogP contribution in [-0.4, -0.2) is 30.5 Å². The van der Waals surface area contributed by atoms with Gasteiger partial charge >= 0.3 is 5.69 Å². The van der Waals surface area contributed by atoms with E-state index in [2.05, 4.69) is 52.1 Å². The van der Waals surface area contributed by atoms with Gasteiger partial charge in [0.25, 0.3) is 5.69 Å². The third-order valence-corrected chi connectivity index (χ3v) is 8.50. The number of rotatable bonds is 11. The number of anilines is 1. The van der Waals surface area contributed by atoms with Crippen molar-refractivity contribution in [3.05, 3.63) is 49.6 Å². The molecule has 0 aliphatic carbocycles. The van der Waals surface area contributed by atoms with Crippen molar-refractivity contribution in [3.63, 3.8) is 0 Å². The van der Waals surface area contributed by atoms with Gasteiger partial charge in [0.2, 0.25) is 0 Å². The highest BCUT2D eigenvalue weighted by Crippen LogP contribution is 2.47. The molecule has 0 amide bonds. The van der Waals surface area contributed by atoms with Crippen LogP contribution >= 0.6 is 23.5 Å². The maximum atomic E-state index is 11.4. The summed E-state index contributed by atoms with van der Waals surface area (Å²) in [5.41, 5.74) is 1.99. The molecule has 182 valence electrons. The van der Waals surface area contributed by atoms with Crippen LogP contribution in [0.5, 0.6) is 0 Å². The van der Waals surface area contributed by atoms with E-state index in [1.165, 1.54) is 17.0 Å². The largest absolute Gasteiger partial charge is 0.478 e. The molecule has 11 heteroatoms. The Morgan fingerprint density at radius 3 is 2.33 bits per heavy atom. The second kappa shape index (κ2) is 10.8. The van der Waals surface area contributed by atoms with Crippen molar-refractivity contribution in [2.45, 2.75) is 81.7 Å². The van der Waals surface area contributed by atoms with Crippen molar-refractivity contribution in [1.29, 1.82) is 0 Å². The van der Waals surface area contributed by atoms with Crippen molar-refractivity contribution >= 4 is 46.8 Å². The first-order valence-electron chi connectivity index (χ1n) is 10.8. The molecule has 1 N–H and O–H groups in total. The zero-order chi connectivity index (χ0) is 24.9. The lowest BCUT2D eigenvalue weighted by molar-refractivity contribution is -0.393. The average molecular weight is 497 g/mol. The highest BCUT2D eigenvalue weighted by Gasteiger charge is 2.39. The van der Waals surface area contributed by atoms with Gasteiger partial charge < -0.3 is 4.74 Å². The van der Waals surface area contributed by atoms with Gasteiger partial charge in [-0.1, -0.05) is 41.5 Å². The number of thioether (sulfide) groups is 2. The van der Waals surface area contributed by atoms with Crippen LogP contribution in [-0.2, 0) is 4.74 Å². The highest BCUT2D eigenvalue weighted by molar-refractivity contribution is 8.04. The summed E-state index contributed by atoms with van der Waals surface area (Å²) in [5.74, 6) is 0. The fourth-order valence-corrected chi connectivity index (χ4v) is 5.54. The Labute approximate surface area is 203 Å². The van der Waals surface area contributed by atoms with E-state index < -0.39 is 20.5 Å². The number of nitro groups is 2. The molecule has 0 bridgehead atoms. The van der Waals surface area contributed by atoms with Crippen molar-refractivity contribution in [2.24, 2.45) is 5.10 Å². The average Bonchev–Trinajstić information content (AvgIpc) is 2.75. The Balaban J connectivity index is 2.28. The van der Waals surface area contributed by atoms with E-state index in [1.54, 1.807) is 18.0 Å². The molecule has 33 heavy (non-hydrogen) atoms. The smallest absolute Gasteiger partial charge is 0.301 e. The van der Waals surface area contributed by atoms with Crippen molar-refractivity contribution in [3.8, 4) is 0 Å². The number of ether oxygens (including phenoxy) is 1. The van der Waals surface area contributed by atoms with Gasteiger partial charge in [0.05, 0.1) is 28.4 Å². The molecule has 9 nitrogen and oxygen atoms in total. The normalized spacial score (nSPS) is 19.2. The van der Waals surface area contributed by atoms with E-state index in [0.717, 1.165) is 25.3 Å². The highest BCUT2D eigenvalue weighted by atomic mass is 32.2. The van der Waals surface area contributed by atoms with Gasteiger partial charge in [0, 0.05) is 26.9 Å². The Bertz CT molecular complexity index is 949. The summed E-state index contributed by atoms with van der Waals surface area (Å²) in [7, 11) is 0. The summed E-state index contributed by atoms with van der Waals surface area (Å²) in [4.78, 5) is 21.4. The Morgan fingerprint density at radius 2 is 1.82 bits per heavy atom. The van der Waals surface area contributed by atoms with Gasteiger partial charge in [-0.25, -0.2) is 0 Å². The monoisotopic (exact) mass is 496 g/mol. The van der Waals surface area contributed by atoms with Crippen LogP contribution in [0.4, 0.5) is 17.1 Å². The molecule has 0 radical (unpaired) electrons. The van der Waals surface area contributed by atoms with E-state index >= 15 is 0 Å². The maximum Gasteiger partial charge on any atom is 0.301 e. The molecule has 1 aromatic rings. The Hall–Kier alpha value is -2.27. The first-order chi connectivity index (χ1) is 15.3. The third kappa shape index (κ3) is 7.63. The summed E-state index contributed by atoms with van der Waals surface area (Å²) >= 11 is 3.47. The zero-order valence-corrected chi connectivity index (χ0v) is 21.5. The molecule has 2 rings (SSSR count). The van der Waals surface area contributed by atoms with E-state index in [-0.39, 0.29) is 20.9 Å². The number of hydrogen-bond acceptors (Lipinski definition) is 9. The summed E-state index contributed by atoms with van der Waals surface area (Å²) in [6, 6.07) is 3.41. The lowest BCUT2D eigenvalue weighted by Gasteiger charge is -2.39. The van der Waals surface area contributed by atoms with Crippen molar-refractivity contribution in [2.75, 3.05) is 5.43 Å². The van der Waals surface area contributed by atoms with Crippen molar-refractivity contribution < 1.29 is 14.6 Å². The predicted molar refractivity (Wildman–Crippen MR) is 137 cm³/mol. The lowest BCUT2D eigenvalue weighted by atomic mass is 10.1. The third-order valence-electron chi connectivity index (χ3n) is 5.50. The maximum absolute atomic E-state index is 11.4. The minimum Gasteiger partial charge on any atom is -0.478 e. The number of allylic oxidation sites excluding steroid dienone is 1. The first kappa shape index (κ1) is 27.0. The SMILES string of the molecule is CCC(C)(C)SC1=COC(/C=N/Nc2ccc([N+](=O)[O-])cc2[N+](=O)[O-])(SC(C)(C)CC)CC1. The van der Waals surface area contributed by atoms with Gasteiger partial charge in [0.15, 0.2) is 4.93 Å². The number of hydrogen-bond donors (Lipinski definition) is 1. The summed E-state index contributed by atoms with van der Waals surface area (Å²) in [6.45, 7) is 13.0. The van der Waals surface area contributed by atoms with Crippen LogP contribution < -0.4 is 5.43 Å². The number of non-ortho nitro benzene ring substituents is 1. The molecule has 0 fully saturated rings. The number of hydrazone groups is 1. The second-order valence-corrected chi connectivity index (χ2v) is 12.9. The zero-order valence-electron chi connectivity index (χ0n) is 19.9. The number of benzene rings is 1. The van der Waals surface area contributed by atoms with Crippen LogP contribution in [0, 0.1) is 20.2 Å². The molecule has 1 atom stereocenters. The molecular formula is C22H32N4O5S2. The molecule has 1 heterocycles. The van der Waals surface area contributed by atoms with E-state index in [0.29, 0.717) is 6.42 Å². The second-order valence-electron chi connectivity index (χ2n) is 9.03. The minimum absolute atomic E-state index is 0.0732. The van der Waals surface area contributed by atoms with Crippen LogP contribution in [0.15, 0.2) is 34.5 Å². The fourth-order valence-electron chi connectivity index (χ4n) is 2.90. The summed E-state index contributed by atoms with van der Waals surface area (Å²) in [5, 5.41) is 26.6. The first-order valence-corrected chi connectivity index (χ1v) is 12.4. The minimum atomic E-state index is -0.734. The molecule has 1 aliphatic rings. The van der Waals surface area contributed by atoms with Gasteiger partial charge in [-0.3, -0.25) is 25.7 Å². The van der Waals surface area contributed by atoms with E-state index in [9.17, 15) is 20.2 Å². The standard InChI is InChI=1S/C22H32N4O5S2/c1-7-20(3,4)32-17-11-12-22(31-14-17,33-21(5,6)8-2)15-23-24-18-10-9-16(25(27)28)13-19(18)26(29)30/h9-10,13-15,24H,7-8,11-12H2,1-6H3/b23-15+. The molecule has 1 unspecified atom stereocenters. The molecular weight excluding hydrogens is 464 g/mol. The quantitative estimate of drug-likeness (QED) is 0.196. The molecule has 0 spiro atoms. The molecule has 0 aromatic heterocycles. The molecule has 0 saturated carbocycles. The number of nitrogens with one attached hydrogen (secondary N) is 1. The van der Waals surface area contributed by atoms with Crippen LogP contribution in [0.1, 0.15) is 67.2 Å². The predicted octanol–water partition coefficient (Wildman–Crippen LogP) is 7.09. The van der Waals surface area contributed by atoms with Crippen molar-refractivity contribution in [1.82, 2.24) is 0 Å². The topological polar surface area (TPSA) is 120 Å². The fraction of sp³-hybridized carbons (Fsp3) is 0.591. The van der Waals surface area contributed by atoms with Crippen LogP contribution in [0.3, 0.4) is 0 Å².